The molecule has 2 saturated carbocycles. The molecule has 2 aliphatic carbocycles. The first kappa shape index (κ1) is 28.2. The third-order valence-electron chi connectivity index (χ3n) is 8.44. The van der Waals surface area contributed by atoms with Gasteiger partial charge in [-0.05, 0) is 80.7 Å². The molecule has 6 heteroatoms. The summed E-state index contributed by atoms with van der Waals surface area (Å²) in [4.78, 5) is 28.1. The molecule has 1 amide bonds. The molecule has 1 heterocycles. The zero-order valence-corrected chi connectivity index (χ0v) is 22.7. The Morgan fingerprint density at radius 3 is 2.56 bits per heavy atom. The van der Waals surface area contributed by atoms with E-state index < -0.39 is 5.60 Å². The van der Waals surface area contributed by atoms with Crippen LogP contribution < -0.4 is 5.73 Å². The molecule has 36 heavy (non-hydrogen) atoms. The Morgan fingerprint density at radius 2 is 1.89 bits per heavy atom. The Hall–Kier alpha value is -2.39. The topological polar surface area (TPSA) is 96.4 Å². The van der Waals surface area contributed by atoms with Crippen molar-refractivity contribution < 1.29 is 14.3 Å². The smallest absolute Gasteiger partial charge is 0.306 e. The quantitative estimate of drug-likeness (QED) is 0.521. The molecule has 1 aromatic carbocycles. The van der Waals surface area contributed by atoms with Gasteiger partial charge in [-0.15, -0.1) is 0 Å². The van der Waals surface area contributed by atoms with Gasteiger partial charge in [-0.3, -0.25) is 9.59 Å². The normalized spacial score (nSPS) is 33.2. The minimum atomic E-state index is -0.461. The molecule has 1 aromatic rings. The Bertz CT molecular complexity index is 929. The van der Waals surface area contributed by atoms with Crippen LogP contribution in [0.15, 0.2) is 30.3 Å². The van der Waals surface area contributed by atoms with E-state index in [1.165, 1.54) is 7.05 Å². The summed E-state index contributed by atoms with van der Waals surface area (Å²) in [6.45, 7) is 7.22. The minimum absolute atomic E-state index is 0.0935. The standard InChI is InChI=1S/C29H40N2O3.CH5N/c1-4-22-13-24-14-28(3,17-26(32)31-19-21(2)12-25(31)18-30)20-29(15-22,16-24)34-27(33)11-10-23-8-6-5-7-9-23;1-2/h5-9,21-22,24-25H,4,10-17,19-20H2,1-3H3;2H2,1H3. The van der Waals surface area contributed by atoms with Crippen molar-refractivity contribution in [3.63, 3.8) is 0 Å². The van der Waals surface area contributed by atoms with Gasteiger partial charge < -0.3 is 15.4 Å². The number of carbonyl (C=O) groups is 2. The van der Waals surface area contributed by atoms with Crippen molar-refractivity contribution in [2.45, 2.75) is 96.6 Å². The van der Waals surface area contributed by atoms with E-state index in [0.717, 1.165) is 50.5 Å². The summed E-state index contributed by atoms with van der Waals surface area (Å²) in [5.41, 5.74) is 4.98. The Balaban J connectivity index is 0.00000176. The van der Waals surface area contributed by atoms with Gasteiger partial charge in [-0.1, -0.05) is 57.5 Å². The van der Waals surface area contributed by atoms with E-state index in [-0.39, 0.29) is 23.3 Å². The van der Waals surface area contributed by atoms with Crippen LogP contribution in [-0.2, 0) is 20.7 Å². The average molecular weight is 496 g/mol. The third kappa shape index (κ3) is 6.88. The van der Waals surface area contributed by atoms with Crippen LogP contribution in [0.25, 0.3) is 0 Å². The Morgan fingerprint density at radius 1 is 1.17 bits per heavy atom. The predicted octanol–water partition coefficient (Wildman–Crippen LogP) is 5.25. The minimum Gasteiger partial charge on any atom is -0.459 e. The number of fused-ring (bicyclic) bond motifs is 2. The lowest BCUT2D eigenvalue weighted by atomic mass is 9.56. The van der Waals surface area contributed by atoms with Crippen LogP contribution in [0.1, 0.15) is 84.1 Å². The van der Waals surface area contributed by atoms with E-state index in [4.69, 9.17) is 4.74 Å². The first-order valence-corrected chi connectivity index (χ1v) is 13.8. The van der Waals surface area contributed by atoms with Crippen molar-refractivity contribution in [2.75, 3.05) is 13.6 Å². The van der Waals surface area contributed by atoms with Crippen molar-refractivity contribution in [1.29, 1.82) is 5.26 Å². The van der Waals surface area contributed by atoms with Gasteiger partial charge >= 0.3 is 5.97 Å². The maximum absolute atomic E-state index is 13.3. The summed E-state index contributed by atoms with van der Waals surface area (Å²) in [6, 6.07) is 12.1. The van der Waals surface area contributed by atoms with Gasteiger partial charge in [0, 0.05) is 19.4 Å². The highest BCUT2D eigenvalue weighted by Crippen LogP contribution is 2.56. The van der Waals surface area contributed by atoms with Gasteiger partial charge in [0.1, 0.15) is 11.6 Å². The molecule has 6 atom stereocenters. The molecule has 0 spiro atoms. The zero-order chi connectivity index (χ0) is 26.3. The van der Waals surface area contributed by atoms with E-state index in [1.54, 1.807) is 4.90 Å². The molecule has 3 fully saturated rings. The van der Waals surface area contributed by atoms with E-state index in [1.807, 2.05) is 30.3 Å². The van der Waals surface area contributed by atoms with Crippen LogP contribution in [-0.4, -0.2) is 42.0 Å². The first-order valence-electron chi connectivity index (χ1n) is 13.8. The second-order valence-electron chi connectivity index (χ2n) is 11.8. The van der Waals surface area contributed by atoms with Crippen molar-refractivity contribution in [2.24, 2.45) is 28.9 Å². The van der Waals surface area contributed by atoms with Gasteiger partial charge in [0.25, 0.3) is 0 Å². The highest BCUT2D eigenvalue weighted by Gasteiger charge is 2.53. The van der Waals surface area contributed by atoms with E-state index in [9.17, 15) is 14.9 Å². The van der Waals surface area contributed by atoms with Crippen molar-refractivity contribution in [1.82, 2.24) is 4.90 Å². The summed E-state index contributed by atoms with van der Waals surface area (Å²) >= 11 is 0. The zero-order valence-electron chi connectivity index (χ0n) is 22.7. The number of rotatable bonds is 7. The molecule has 198 valence electrons. The SMILES string of the molecule is CCC1CC2CC(C)(CC(=O)N3CC(C)CC3C#N)CC(OC(=O)CCc3ccccc3)(C1)C2.CN. The van der Waals surface area contributed by atoms with Gasteiger partial charge in [0.2, 0.25) is 5.91 Å². The van der Waals surface area contributed by atoms with Crippen LogP contribution in [0.5, 0.6) is 0 Å². The maximum Gasteiger partial charge on any atom is 0.306 e. The largest absolute Gasteiger partial charge is 0.459 e. The summed E-state index contributed by atoms with van der Waals surface area (Å²) in [7, 11) is 1.50. The third-order valence-corrected chi connectivity index (χ3v) is 8.44. The molecule has 6 unspecified atom stereocenters. The molecule has 4 rings (SSSR count). The second kappa shape index (κ2) is 12.2. The monoisotopic (exact) mass is 495 g/mol. The number of hydrogen-bond acceptors (Lipinski definition) is 5. The molecule has 2 bridgehead atoms. The number of ether oxygens (including phenoxy) is 1. The number of nitrogens with zero attached hydrogens (tertiary/aromatic N) is 2. The molecule has 1 saturated heterocycles. The van der Waals surface area contributed by atoms with Crippen molar-refractivity contribution >= 4 is 11.9 Å². The van der Waals surface area contributed by atoms with Gasteiger partial charge in [-0.25, -0.2) is 0 Å². The fourth-order valence-corrected chi connectivity index (χ4v) is 7.28. The van der Waals surface area contributed by atoms with Crippen LogP contribution in [0, 0.1) is 34.5 Å². The van der Waals surface area contributed by atoms with Crippen LogP contribution >= 0.6 is 0 Å². The molecule has 2 N–H and O–H groups in total. The van der Waals surface area contributed by atoms with Gasteiger partial charge in [-0.2, -0.15) is 5.26 Å². The number of esters is 1. The lowest BCUT2D eigenvalue weighted by Gasteiger charge is -2.54. The number of hydrogen-bond donors (Lipinski definition) is 1. The number of carbonyl (C=O) groups excluding carboxylic acids is 2. The van der Waals surface area contributed by atoms with E-state index in [0.29, 0.717) is 43.6 Å². The molecule has 3 aliphatic rings. The Labute approximate surface area is 217 Å². The average Bonchev–Trinajstić information content (AvgIpc) is 3.24. The number of nitriles is 1. The van der Waals surface area contributed by atoms with E-state index >= 15 is 0 Å². The number of benzene rings is 1. The maximum atomic E-state index is 13.3. The molecule has 0 aromatic heterocycles. The Kier molecular flexibility index (Phi) is 9.58. The summed E-state index contributed by atoms with van der Waals surface area (Å²) in [6.07, 6.45) is 8.12. The number of likely N-dealkylation sites (tertiary alicyclic amines) is 1. The van der Waals surface area contributed by atoms with Crippen molar-refractivity contribution in [3.8, 4) is 6.07 Å². The number of aryl methyl sites for hydroxylation is 1. The van der Waals surface area contributed by atoms with Crippen molar-refractivity contribution in [3.05, 3.63) is 35.9 Å². The lowest BCUT2D eigenvalue weighted by Crippen LogP contribution is -2.52. The molecule has 6 nitrogen and oxygen atoms in total. The molecular weight excluding hydrogens is 450 g/mol. The van der Waals surface area contributed by atoms with Gasteiger partial charge in [0.05, 0.1) is 6.07 Å². The molecule has 1 aliphatic heterocycles. The summed E-state index contributed by atoms with van der Waals surface area (Å²) < 4.78 is 6.35. The van der Waals surface area contributed by atoms with Crippen LogP contribution in [0.4, 0.5) is 0 Å². The predicted molar refractivity (Wildman–Crippen MR) is 142 cm³/mol. The summed E-state index contributed by atoms with van der Waals surface area (Å²) in [5, 5.41) is 9.53. The van der Waals surface area contributed by atoms with Crippen LogP contribution in [0.2, 0.25) is 0 Å². The molecule has 0 radical (unpaired) electrons. The molecular formula is C30H45N3O3. The second-order valence-corrected chi connectivity index (χ2v) is 11.8. The fourth-order valence-electron chi connectivity index (χ4n) is 7.28. The summed E-state index contributed by atoms with van der Waals surface area (Å²) in [5.74, 6) is 1.40. The fraction of sp³-hybridized carbons (Fsp3) is 0.700. The van der Waals surface area contributed by atoms with Crippen LogP contribution in [0.3, 0.4) is 0 Å². The number of amides is 1. The highest BCUT2D eigenvalue weighted by atomic mass is 16.6. The van der Waals surface area contributed by atoms with E-state index in [2.05, 4.69) is 32.6 Å². The van der Waals surface area contributed by atoms with Gasteiger partial charge in [0.15, 0.2) is 0 Å². The first-order chi connectivity index (χ1) is 17.2. The highest BCUT2D eigenvalue weighted by molar-refractivity contribution is 5.78. The number of nitrogens with two attached hydrogens (primary N) is 1. The lowest BCUT2D eigenvalue weighted by molar-refractivity contribution is -0.183.